The van der Waals surface area contributed by atoms with Gasteiger partial charge in [-0.2, -0.15) is 5.26 Å². The Balaban J connectivity index is 2.34. The van der Waals surface area contributed by atoms with E-state index in [2.05, 4.69) is 6.92 Å². The first kappa shape index (κ1) is 18.1. The Morgan fingerprint density at radius 2 is 1.92 bits per heavy atom. The Kier molecular flexibility index (Phi) is 5.80. The minimum absolute atomic E-state index is 0.0394. The van der Waals surface area contributed by atoms with Crippen molar-refractivity contribution in [2.75, 3.05) is 0 Å². The Hall–Kier alpha value is -3.26. The van der Waals surface area contributed by atoms with Crippen molar-refractivity contribution in [2.45, 2.75) is 26.7 Å². The van der Waals surface area contributed by atoms with E-state index in [1.807, 2.05) is 18.2 Å². The number of ketones is 1. The van der Waals surface area contributed by atoms with Gasteiger partial charge in [-0.1, -0.05) is 49.7 Å². The summed E-state index contributed by atoms with van der Waals surface area (Å²) in [5.74, 6) is -0.395. The van der Waals surface area contributed by atoms with Gasteiger partial charge in [0.1, 0.15) is 11.6 Å². The van der Waals surface area contributed by atoms with Crippen molar-refractivity contribution < 1.29 is 9.72 Å². The van der Waals surface area contributed by atoms with Crippen LogP contribution in [0.3, 0.4) is 0 Å². The number of carbonyl (C=O) groups is 1. The molecule has 126 valence electrons. The molecule has 0 radical (unpaired) electrons. The zero-order chi connectivity index (χ0) is 18.4. The number of hydrogen-bond donors (Lipinski definition) is 0. The van der Waals surface area contributed by atoms with Gasteiger partial charge in [0.15, 0.2) is 0 Å². The van der Waals surface area contributed by atoms with E-state index in [0.29, 0.717) is 16.7 Å². The van der Waals surface area contributed by atoms with Crippen LogP contribution in [0.15, 0.2) is 48.0 Å². The normalized spacial score (nSPS) is 11.0. The highest BCUT2D eigenvalue weighted by atomic mass is 16.6. The highest BCUT2D eigenvalue weighted by molar-refractivity contribution is 6.14. The third-order valence-electron chi connectivity index (χ3n) is 3.86. The van der Waals surface area contributed by atoms with Crippen LogP contribution in [0.25, 0.3) is 6.08 Å². The smallest absolute Gasteiger partial charge is 0.272 e. The van der Waals surface area contributed by atoms with Crippen LogP contribution in [0.5, 0.6) is 0 Å². The van der Waals surface area contributed by atoms with Crippen molar-refractivity contribution in [3.8, 4) is 6.07 Å². The summed E-state index contributed by atoms with van der Waals surface area (Å²) in [6, 6.07) is 13.7. The van der Waals surface area contributed by atoms with Crippen molar-refractivity contribution >= 4 is 17.5 Å². The molecular weight excluding hydrogens is 316 g/mol. The molecule has 2 aromatic carbocycles. The second-order valence-corrected chi connectivity index (χ2v) is 5.75. The van der Waals surface area contributed by atoms with E-state index in [1.165, 1.54) is 12.1 Å². The molecule has 0 saturated carbocycles. The van der Waals surface area contributed by atoms with Gasteiger partial charge in [0.2, 0.25) is 5.78 Å². The average molecular weight is 334 g/mol. The lowest BCUT2D eigenvalue weighted by Gasteiger charge is -2.03. The molecule has 0 atom stereocenters. The van der Waals surface area contributed by atoms with Crippen LogP contribution in [-0.2, 0) is 6.42 Å². The lowest BCUT2D eigenvalue weighted by molar-refractivity contribution is -0.385. The SMILES string of the molecule is CCCc1ccc(C(=O)/C(C#N)=C/c2ccc(C)c([N+](=O)[O-])c2)cc1. The van der Waals surface area contributed by atoms with E-state index in [1.54, 1.807) is 31.2 Å². The van der Waals surface area contributed by atoms with Gasteiger partial charge in [-0.05, 0) is 30.5 Å². The van der Waals surface area contributed by atoms with Crippen molar-refractivity contribution in [3.63, 3.8) is 0 Å². The molecule has 0 heterocycles. The van der Waals surface area contributed by atoms with Gasteiger partial charge in [-0.3, -0.25) is 14.9 Å². The fourth-order valence-corrected chi connectivity index (χ4v) is 2.50. The van der Waals surface area contributed by atoms with Gasteiger partial charge in [0.25, 0.3) is 5.69 Å². The standard InChI is InChI=1S/C20H18N2O3/c1-3-4-15-7-9-17(10-8-15)20(23)18(13-21)11-16-6-5-14(2)19(12-16)22(24)25/h5-12H,3-4H2,1-2H3/b18-11+. The zero-order valence-electron chi connectivity index (χ0n) is 14.2. The quantitative estimate of drug-likeness (QED) is 0.253. The van der Waals surface area contributed by atoms with E-state index in [9.17, 15) is 20.2 Å². The Labute approximate surface area is 146 Å². The maximum Gasteiger partial charge on any atom is 0.272 e. The molecule has 0 N–H and O–H groups in total. The predicted octanol–water partition coefficient (Wildman–Crippen LogP) is 4.65. The summed E-state index contributed by atoms with van der Waals surface area (Å²) in [6.45, 7) is 3.72. The molecule has 0 aliphatic carbocycles. The van der Waals surface area contributed by atoms with Crippen LogP contribution in [0.4, 0.5) is 5.69 Å². The molecule has 0 unspecified atom stereocenters. The Bertz CT molecular complexity index is 875. The average Bonchev–Trinajstić information content (AvgIpc) is 2.61. The van der Waals surface area contributed by atoms with E-state index < -0.39 is 10.7 Å². The molecule has 0 bridgehead atoms. The monoisotopic (exact) mass is 334 g/mol. The number of nitrogens with zero attached hydrogens (tertiary/aromatic N) is 2. The second-order valence-electron chi connectivity index (χ2n) is 5.75. The fourth-order valence-electron chi connectivity index (χ4n) is 2.50. The van der Waals surface area contributed by atoms with Gasteiger partial charge in [0.05, 0.1) is 4.92 Å². The minimum Gasteiger partial charge on any atom is -0.288 e. The molecule has 0 amide bonds. The highest BCUT2D eigenvalue weighted by Crippen LogP contribution is 2.21. The molecule has 0 saturated heterocycles. The zero-order valence-corrected chi connectivity index (χ0v) is 14.2. The molecule has 2 rings (SSSR count). The first-order chi connectivity index (χ1) is 12.0. The van der Waals surface area contributed by atoms with E-state index in [0.717, 1.165) is 18.4 Å². The summed E-state index contributed by atoms with van der Waals surface area (Å²) in [5.41, 5.74) is 2.44. The Morgan fingerprint density at radius 1 is 1.24 bits per heavy atom. The largest absolute Gasteiger partial charge is 0.288 e. The third kappa shape index (κ3) is 4.39. The molecule has 0 aromatic heterocycles. The topological polar surface area (TPSA) is 84.0 Å². The van der Waals surface area contributed by atoms with Crippen molar-refractivity contribution in [1.82, 2.24) is 0 Å². The number of nitro benzene ring substituents is 1. The summed E-state index contributed by atoms with van der Waals surface area (Å²) in [6.07, 6.45) is 3.33. The molecule has 0 aliphatic rings. The molecule has 25 heavy (non-hydrogen) atoms. The number of aryl methyl sites for hydroxylation is 2. The predicted molar refractivity (Wildman–Crippen MR) is 96.2 cm³/mol. The summed E-state index contributed by atoms with van der Waals surface area (Å²) in [5, 5.41) is 20.3. The third-order valence-corrected chi connectivity index (χ3v) is 3.86. The van der Waals surface area contributed by atoms with Crippen molar-refractivity contribution in [1.29, 1.82) is 5.26 Å². The second kappa shape index (κ2) is 8.02. The van der Waals surface area contributed by atoms with E-state index >= 15 is 0 Å². The van der Waals surface area contributed by atoms with E-state index in [4.69, 9.17) is 0 Å². The van der Waals surface area contributed by atoms with Crippen LogP contribution in [0.2, 0.25) is 0 Å². The van der Waals surface area contributed by atoms with Gasteiger partial charge >= 0.3 is 0 Å². The summed E-state index contributed by atoms with van der Waals surface area (Å²) < 4.78 is 0. The Morgan fingerprint density at radius 3 is 2.48 bits per heavy atom. The number of hydrogen-bond acceptors (Lipinski definition) is 4. The maximum atomic E-state index is 12.5. The molecule has 0 aliphatic heterocycles. The summed E-state index contributed by atoms with van der Waals surface area (Å²) in [7, 11) is 0. The lowest BCUT2D eigenvalue weighted by Crippen LogP contribution is -2.02. The van der Waals surface area contributed by atoms with Crippen LogP contribution in [-0.4, -0.2) is 10.7 Å². The molecular formula is C20H18N2O3. The number of Topliss-reactive ketones (excluding diaryl/α,β-unsaturated/α-hetero) is 1. The van der Waals surface area contributed by atoms with Gasteiger partial charge in [-0.25, -0.2) is 0 Å². The summed E-state index contributed by atoms with van der Waals surface area (Å²) in [4.78, 5) is 23.1. The number of nitro groups is 1. The number of nitriles is 1. The van der Waals surface area contributed by atoms with Gasteiger partial charge < -0.3 is 0 Å². The maximum absolute atomic E-state index is 12.5. The number of benzene rings is 2. The number of allylic oxidation sites excluding steroid dienone is 1. The van der Waals surface area contributed by atoms with Crippen molar-refractivity contribution in [3.05, 3.63) is 80.4 Å². The molecule has 0 spiro atoms. The molecule has 5 nitrogen and oxygen atoms in total. The first-order valence-electron chi connectivity index (χ1n) is 7.96. The molecule has 0 fully saturated rings. The molecule has 5 heteroatoms. The minimum atomic E-state index is -0.479. The van der Waals surface area contributed by atoms with Crippen LogP contribution < -0.4 is 0 Å². The first-order valence-corrected chi connectivity index (χ1v) is 7.96. The van der Waals surface area contributed by atoms with Crippen LogP contribution >= 0.6 is 0 Å². The van der Waals surface area contributed by atoms with Crippen molar-refractivity contribution in [2.24, 2.45) is 0 Å². The summed E-state index contributed by atoms with van der Waals surface area (Å²) >= 11 is 0. The van der Waals surface area contributed by atoms with E-state index in [-0.39, 0.29) is 11.3 Å². The van der Waals surface area contributed by atoms with Crippen LogP contribution in [0, 0.1) is 28.4 Å². The van der Waals surface area contributed by atoms with Gasteiger partial charge in [-0.15, -0.1) is 0 Å². The highest BCUT2D eigenvalue weighted by Gasteiger charge is 2.14. The number of carbonyl (C=O) groups excluding carboxylic acids is 1. The van der Waals surface area contributed by atoms with Crippen LogP contribution in [0.1, 0.15) is 40.4 Å². The fraction of sp³-hybridized carbons (Fsp3) is 0.200. The van der Waals surface area contributed by atoms with Gasteiger partial charge in [0, 0.05) is 17.2 Å². The molecule has 2 aromatic rings. The number of rotatable bonds is 6. The lowest BCUT2D eigenvalue weighted by atomic mass is 9.99.